The number of anilines is 2. The van der Waals surface area contributed by atoms with Gasteiger partial charge in [-0.05, 0) is 56.0 Å². The van der Waals surface area contributed by atoms with E-state index in [2.05, 4.69) is 16.0 Å². The predicted molar refractivity (Wildman–Crippen MR) is 120 cm³/mol. The Morgan fingerprint density at radius 2 is 1.74 bits per heavy atom. The molecule has 1 aliphatic carbocycles. The van der Waals surface area contributed by atoms with E-state index in [4.69, 9.17) is 0 Å². The third kappa shape index (κ3) is 6.04. The Bertz CT molecular complexity index is 984. The molecule has 2 aromatic carbocycles. The first kappa shape index (κ1) is 22.3. The van der Waals surface area contributed by atoms with Gasteiger partial charge in [-0.1, -0.05) is 25.3 Å². The van der Waals surface area contributed by atoms with Gasteiger partial charge in [0.2, 0.25) is 5.91 Å². The number of nitrogens with zero attached hydrogens (tertiary/aromatic N) is 1. The lowest BCUT2D eigenvalue weighted by Gasteiger charge is -2.23. The van der Waals surface area contributed by atoms with Gasteiger partial charge in [0.1, 0.15) is 0 Å². The zero-order valence-electron chi connectivity index (χ0n) is 17.9. The summed E-state index contributed by atoms with van der Waals surface area (Å²) in [6.45, 7) is 3.65. The molecule has 1 aliphatic rings. The molecule has 0 atom stereocenters. The van der Waals surface area contributed by atoms with E-state index in [0.717, 1.165) is 42.5 Å². The molecule has 0 heterocycles. The molecule has 1 fully saturated rings. The molecule has 3 N–H and O–H groups in total. The van der Waals surface area contributed by atoms with Crippen molar-refractivity contribution in [2.75, 3.05) is 17.2 Å². The number of nitro groups is 1. The lowest BCUT2D eigenvalue weighted by Crippen LogP contribution is -2.36. The third-order valence-electron chi connectivity index (χ3n) is 5.57. The fourth-order valence-corrected chi connectivity index (χ4v) is 3.75. The summed E-state index contributed by atoms with van der Waals surface area (Å²) in [5.41, 5.74) is 3.28. The Morgan fingerprint density at radius 1 is 1.00 bits per heavy atom. The highest BCUT2D eigenvalue weighted by Crippen LogP contribution is 2.22. The molecular weight excluding hydrogens is 396 g/mol. The lowest BCUT2D eigenvalue weighted by atomic mass is 9.95. The second-order valence-electron chi connectivity index (χ2n) is 8.00. The summed E-state index contributed by atoms with van der Waals surface area (Å²) in [7, 11) is 0. The molecule has 164 valence electrons. The molecule has 2 amide bonds. The summed E-state index contributed by atoms with van der Waals surface area (Å²) in [5.74, 6) is -0.387. The monoisotopic (exact) mass is 424 g/mol. The van der Waals surface area contributed by atoms with Crippen LogP contribution in [0, 0.1) is 24.0 Å². The van der Waals surface area contributed by atoms with Crippen LogP contribution in [0.5, 0.6) is 0 Å². The minimum Gasteiger partial charge on any atom is -0.376 e. The summed E-state index contributed by atoms with van der Waals surface area (Å²) in [6.07, 6.45) is 5.61. The van der Waals surface area contributed by atoms with Gasteiger partial charge >= 0.3 is 0 Å². The molecule has 0 bridgehead atoms. The van der Waals surface area contributed by atoms with Crippen molar-refractivity contribution in [3.05, 3.63) is 63.2 Å². The van der Waals surface area contributed by atoms with Gasteiger partial charge in [0.05, 0.1) is 17.2 Å². The number of hydrogen-bond acceptors (Lipinski definition) is 5. The largest absolute Gasteiger partial charge is 0.376 e. The highest BCUT2D eigenvalue weighted by Gasteiger charge is 2.17. The lowest BCUT2D eigenvalue weighted by molar-refractivity contribution is -0.384. The first-order valence-electron chi connectivity index (χ1n) is 10.5. The van der Waals surface area contributed by atoms with E-state index in [1.54, 1.807) is 25.1 Å². The Labute approximate surface area is 181 Å². The van der Waals surface area contributed by atoms with Crippen molar-refractivity contribution in [1.29, 1.82) is 0 Å². The van der Waals surface area contributed by atoms with E-state index in [-0.39, 0.29) is 30.1 Å². The molecule has 31 heavy (non-hydrogen) atoms. The van der Waals surface area contributed by atoms with Crippen LogP contribution in [0.15, 0.2) is 36.4 Å². The third-order valence-corrected chi connectivity index (χ3v) is 5.57. The summed E-state index contributed by atoms with van der Waals surface area (Å²) in [6, 6.07) is 9.94. The van der Waals surface area contributed by atoms with Crippen LogP contribution in [0.25, 0.3) is 0 Å². The number of hydrogen-bond donors (Lipinski definition) is 3. The molecular formula is C23H28N4O4. The first-order chi connectivity index (χ1) is 14.8. The quantitative estimate of drug-likeness (QED) is 0.452. The van der Waals surface area contributed by atoms with Crippen molar-refractivity contribution in [2.24, 2.45) is 0 Å². The van der Waals surface area contributed by atoms with Gasteiger partial charge in [-0.25, -0.2) is 0 Å². The number of amides is 2. The van der Waals surface area contributed by atoms with Crippen LogP contribution in [-0.4, -0.2) is 29.3 Å². The summed E-state index contributed by atoms with van der Waals surface area (Å²) >= 11 is 0. The van der Waals surface area contributed by atoms with Crippen molar-refractivity contribution < 1.29 is 14.5 Å². The Kier molecular flexibility index (Phi) is 7.23. The van der Waals surface area contributed by atoms with Crippen molar-refractivity contribution >= 4 is 28.9 Å². The molecule has 1 saturated carbocycles. The van der Waals surface area contributed by atoms with Crippen LogP contribution >= 0.6 is 0 Å². The number of non-ortho nitro benzene ring substituents is 1. The van der Waals surface area contributed by atoms with Crippen molar-refractivity contribution in [2.45, 2.75) is 52.0 Å². The summed E-state index contributed by atoms with van der Waals surface area (Å²) in [5, 5.41) is 19.8. The number of carbonyl (C=O) groups excluding carboxylic acids is 2. The van der Waals surface area contributed by atoms with Gasteiger partial charge in [-0.3, -0.25) is 19.7 Å². The molecule has 0 unspecified atom stereocenters. The number of nitro benzene ring substituents is 1. The predicted octanol–water partition coefficient (Wildman–Crippen LogP) is 4.32. The highest BCUT2D eigenvalue weighted by atomic mass is 16.6. The Morgan fingerprint density at radius 3 is 2.42 bits per heavy atom. The van der Waals surface area contributed by atoms with Crippen LogP contribution in [0.3, 0.4) is 0 Å². The van der Waals surface area contributed by atoms with Crippen LogP contribution < -0.4 is 16.0 Å². The summed E-state index contributed by atoms with van der Waals surface area (Å²) in [4.78, 5) is 35.3. The van der Waals surface area contributed by atoms with E-state index in [1.165, 1.54) is 18.6 Å². The number of nitrogens with one attached hydrogen (secondary N) is 3. The molecule has 8 heteroatoms. The average Bonchev–Trinajstić information content (AvgIpc) is 2.75. The SMILES string of the molecule is Cc1cc(C(=O)NC2CCCCC2)ccc1NCC(=O)Nc1cc([N+](=O)[O-])ccc1C. The van der Waals surface area contributed by atoms with E-state index >= 15 is 0 Å². The van der Waals surface area contributed by atoms with E-state index in [1.807, 2.05) is 13.0 Å². The average molecular weight is 425 g/mol. The smallest absolute Gasteiger partial charge is 0.271 e. The van der Waals surface area contributed by atoms with Gasteiger partial charge in [0.25, 0.3) is 11.6 Å². The molecule has 0 saturated heterocycles. The maximum atomic E-state index is 12.5. The number of carbonyl (C=O) groups is 2. The first-order valence-corrected chi connectivity index (χ1v) is 10.5. The fourth-order valence-electron chi connectivity index (χ4n) is 3.75. The van der Waals surface area contributed by atoms with Crippen LogP contribution in [0.4, 0.5) is 17.1 Å². The Hall–Kier alpha value is -3.42. The standard InChI is InChI=1S/C23H28N4O4/c1-15-8-10-19(27(30)31)13-21(15)26-22(28)14-24-20-11-9-17(12-16(20)2)23(29)25-18-6-4-3-5-7-18/h8-13,18,24H,3-7,14H2,1-2H3,(H,25,29)(H,26,28). The van der Waals surface area contributed by atoms with Crippen molar-refractivity contribution in [3.63, 3.8) is 0 Å². The van der Waals surface area contributed by atoms with Gasteiger partial charge in [0.15, 0.2) is 0 Å². The molecule has 2 aromatic rings. The van der Waals surface area contributed by atoms with Gasteiger partial charge in [-0.2, -0.15) is 0 Å². The molecule has 0 aromatic heterocycles. The van der Waals surface area contributed by atoms with Crippen molar-refractivity contribution in [3.8, 4) is 0 Å². The number of rotatable bonds is 7. The Balaban J connectivity index is 1.56. The number of benzene rings is 2. The second-order valence-corrected chi connectivity index (χ2v) is 8.00. The molecule has 3 rings (SSSR count). The highest BCUT2D eigenvalue weighted by molar-refractivity contribution is 5.96. The molecule has 0 radical (unpaired) electrons. The van der Waals surface area contributed by atoms with Crippen LogP contribution in [0.2, 0.25) is 0 Å². The number of aryl methyl sites for hydroxylation is 2. The molecule has 0 aliphatic heterocycles. The van der Waals surface area contributed by atoms with Crippen LogP contribution in [0.1, 0.15) is 53.6 Å². The fraction of sp³-hybridized carbons (Fsp3) is 0.391. The maximum absolute atomic E-state index is 12.5. The van der Waals surface area contributed by atoms with Gasteiger partial charge < -0.3 is 16.0 Å². The van der Waals surface area contributed by atoms with Gasteiger partial charge in [-0.15, -0.1) is 0 Å². The van der Waals surface area contributed by atoms with Crippen LogP contribution in [-0.2, 0) is 4.79 Å². The topological polar surface area (TPSA) is 113 Å². The van der Waals surface area contributed by atoms with Crippen molar-refractivity contribution in [1.82, 2.24) is 5.32 Å². The second kappa shape index (κ2) is 10.1. The zero-order chi connectivity index (χ0) is 22.4. The minimum absolute atomic E-state index is 0.00338. The van der Waals surface area contributed by atoms with Gasteiger partial charge in [0, 0.05) is 29.4 Å². The van der Waals surface area contributed by atoms with E-state index in [0.29, 0.717) is 11.3 Å². The van der Waals surface area contributed by atoms with E-state index in [9.17, 15) is 19.7 Å². The summed E-state index contributed by atoms with van der Waals surface area (Å²) < 4.78 is 0. The maximum Gasteiger partial charge on any atom is 0.271 e. The minimum atomic E-state index is -0.497. The molecule has 0 spiro atoms. The normalized spacial score (nSPS) is 14.0. The molecule has 8 nitrogen and oxygen atoms in total. The zero-order valence-corrected chi connectivity index (χ0v) is 17.9. The van der Waals surface area contributed by atoms with E-state index < -0.39 is 4.92 Å².